The largest absolute Gasteiger partial charge is 0.421 e. The van der Waals surface area contributed by atoms with E-state index in [9.17, 15) is 14.4 Å². The molecule has 0 unspecified atom stereocenters. The van der Waals surface area contributed by atoms with Gasteiger partial charge in [-0.3, -0.25) is 14.2 Å². The van der Waals surface area contributed by atoms with Gasteiger partial charge in [-0.2, -0.15) is 0 Å². The van der Waals surface area contributed by atoms with Crippen molar-refractivity contribution >= 4 is 23.0 Å². The third-order valence-electron chi connectivity index (χ3n) is 4.92. The number of hydrogen-bond donors (Lipinski definition) is 1. The maximum absolute atomic E-state index is 12.5. The number of fused-ring (bicyclic) bond motifs is 2. The van der Waals surface area contributed by atoms with Gasteiger partial charge >= 0.3 is 5.76 Å². The van der Waals surface area contributed by atoms with Crippen molar-refractivity contribution in [1.29, 1.82) is 0 Å². The van der Waals surface area contributed by atoms with E-state index in [1.807, 2.05) is 25.1 Å². The van der Waals surface area contributed by atoms with Gasteiger partial charge in [-0.25, -0.2) is 9.78 Å². The van der Waals surface area contributed by atoms with Crippen LogP contribution >= 0.6 is 0 Å². The predicted molar refractivity (Wildman–Crippen MR) is 102 cm³/mol. The molecule has 0 radical (unpaired) electrons. The average Bonchev–Trinajstić information content (AvgIpc) is 3.18. The van der Waals surface area contributed by atoms with Crippen molar-refractivity contribution in [3.8, 4) is 0 Å². The molecule has 0 saturated heterocycles. The topological polar surface area (TPSA) is 97.4 Å². The molecule has 8 heteroatoms. The molecular formula is C20H20N4O4. The molecular weight excluding hydrogens is 360 g/mol. The Labute approximate surface area is 160 Å². The van der Waals surface area contributed by atoms with Crippen LogP contribution in [-0.4, -0.2) is 38.9 Å². The number of hydrogen-bond acceptors (Lipinski definition) is 5. The van der Waals surface area contributed by atoms with Crippen molar-refractivity contribution < 1.29 is 14.0 Å². The minimum Gasteiger partial charge on any atom is -0.406 e. The zero-order chi connectivity index (χ0) is 19.7. The zero-order valence-electron chi connectivity index (χ0n) is 15.4. The van der Waals surface area contributed by atoms with E-state index < -0.39 is 5.76 Å². The van der Waals surface area contributed by atoms with E-state index in [1.54, 1.807) is 24.4 Å². The quantitative estimate of drug-likeness (QED) is 0.700. The van der Waals surface area contributed by atoms with E-state index in [4.69, 9.17) is 4.42 Å². The van der Waals surface area contributed by atoms with E-state index in [2.05, 4.69) is 10.3 Å². The Hall–Kier alpha value is -3.42. The van der Waals surface area contributed by atoms with E-state index in [-0.39, 0.29) is 30.9 Å². The number of nitrogens with one attached hydrogen (secondary N) is 1. The van der Waals surface area contributed by atoms with Gasteiger partial charge in [0, 0.05) is 24.3 Å². The standard InChI is InChI=1S/C20H20N4O4/c1-2-14(11-24-18-16(28-20(24)27)8-5-9-21-18)22-17(25)12-23-10-13-6-3-4-7-15(13)19(23)26/h3-9,14H,2,10-12H2,1H3,(H,22,25)/t14-/m0/s1. The van der Waals surface area contributed by atoms with E-state index in [0.29, 0.717) is 29.8 Å². The summed E-state index contributed by atoms with van der Waals surface area (Å²) in [6.07, 6.45) is 2.20. The van der Waals surface area contributed by atoms with E-state index >= 15 is 0 Å². The first-order chi connectivity index (χ1) is 13.6. The number of amides is 2. The molecule has 0 spiro atoms. The van der Waals surface area contributed by atoms with Gasteiger partial charge in [-0.1, -0.05) is 25.1 Å². The van der Waals surface area contributed by atoms with Crippen LogP contribution in [-0.2, 0) is 17.9 Å². The Balaban J connectivity index is 1.43. The molecule has 4 rings (SSSR count). The molecule has 1 atom stereocenters. The summed E-state index contributed by atoms with van der Waals surface area (Å²) in [5.41, 5.74) is 2.43. The van der Waals surface area contributed by atoms with Crippen molar-refractivity contribution in [2.24, 2.45) is 0 Å². The lowest BCUT2D eigenvalue weighted by atomic mass is 10.1. The molecule has 1 aliphatic rings. The molecule has 1 aromatic carbocycles. The Morgan fingerprint density at radius 1 is 1.25 bits per heavy atom. The minimum atomic E-state index is -0.508. The monoisotopic (exact) mass is 380 g/mol. The number of pyridine rings is 1. The van der Waals surface area contributed by atoms with E-state index in [1.165, 1.54) is 9.47 Å². The SMILES string of the molecule is CC[C@@H](Cn1c(=O)oc2cccnc21)NC(=O)CN1Cc2ccccc2C1=O. The van der Waals surface area contributed by atoms with Crippen LogP contribution in [0.1, 0.15) is 29.3 Å². The van der Waals surface area contributed by atoms with Crippen LogP contribution < -0.4 is 11.1 Å². The number of aromatic nitrogens is 2. The molecule has 144 valence electrons. The lowest BCUT2D eigenvalue weighted by Crippen LogP contribution is -2.44. The normalized spacial score (nSPS) is 14.3. The summed E-state index contributed by atoms with van der Waals surface area (Å²) in [5.74, 6) is -0.909. The second-order valence-electron chi connectivity index (χ2n) is 6.79. The summed E-state index contributed by atoms with van der Waals surface area (Å²) in [6, 6.07) is 10.4. The highest BCUT2D eigenvalue weighted by atomic mass is 16.4. The lowest BCUT2D eigenvalue weighted by Gasteiger charge is -2.20. The molecule has 0 saturated carbocycles. The average molecular weight is 380 g/mol. The third-order valence-corrected chi connectivity index (χ3v) is 4.92. The summed E-state index contributed by atoms with van der Waals surface area (Å²) in [6.45, 7) is 2.57. The maximum Gasteiger partial charge on any atom is 0.421 e. The third kappa shape index (κ3) is 3.28. The summed E-state index contributed by atoms with van der Waals surface area (Å²) < 4.78 is 6.60. The molecule has 2 amide bonds. The second-order valence-corrected chi connectivity index (χ2v) is 6.79. The molecule has 1 aliphatic heterocycles. The maximum atomic E-state index is 12.5. The fraction of sp³-hybridized carbons (Fsp3) is 0.300. The Morgan fingerprint density at radius 3 is 2.86 bits per heavy atom. The van der Waals surface area contributed by atoms with Gasteiger partial charge < -0.3 is 14.6 Å². The number of oxazole rings is 1. The molecule has 0 bridgehead atoms. The number of carbonyl (C=O) groups is 2. The summed E-state index contributed by atoms with van der Waals surface area (Å²) in [4.78, 5) is 42.7. The van der Waals surface area contributed by atoms with Crippen LogP contribution in [0.3, 0.4) is 0 Å². The molecule has 2 aromatic heterocycles. The minimum absolute atomic E-state index is 0.0245. The highest BCUT2D eigenvalue weighted by Gasteiger charge is 2.28. The molecule has 3 aromatic rings. The van der Waals surface area contributed by atoms with Crippen LogP contribution in [0.25, 0.3) is 11.2 Å². The molecule has 0 aliphatic carbocycles. The Kier molecular flexibility index (Phi) is 4.68. The van der Waals surface area contributed by atoms with Crippen LogP contribution in [0.2, 0.25) is 0 Å². The van der Waals surface area contributed by atoms with Crippen molar-refractivity contribution in [3.05, 3.63) is 64.3 Å². The van der Waals surface area contributed by atoms with Crippen molar-refractivity contribution in [2.45, 2.75) is 32.5 Å². The highest BCUT2D eigenvalue weighted by Crippen LogP contribution is 2.21. The summed E-state index contributed by atoms with van der Waals surface area (Å²) in [7, 11) is 0. The highest BCUT2D eigenvalue weighted by molar-refractivity contribution is 6.00. The first kappa shape index (κ1) is 18.0. The van der Waals surface area contributed by atoms with Crippen LogP contribution in [0.15, 0.2) is 51.8 Å². The van der Waals surface area contributed by atoms with Gasteiger partial charge in [0.2, 0.25) is 5.91 Å². The van der Waals surface area contributed by atoms with Crippen LogP contribution in [0.4, 0.5) is 0 Å². The summed E-state index contributed by atoms with van der Waals surface area (Å²) >= 11 is 0. The fourth-order valence-electron chi connectivity index (χ4n) is 3.45. The molecule has 0 fully saturated rings. The van der Waals surface area contributed by atoms with Crippen molar-refractivity contribution in [1.82, 2.24) is 19.8 Å². The fourth-order valence-corrected chi connectivity index (χ4v) is 3.45. The van der Waals surface area contributed by atoms with Gasteiger partial charge in [0.05, 0.1) is 6.54 Å². The van der Waals surface area contributed by atoms with E-state index in [0.717, 1.165) is 5.56 Å². The second kappa shape index (κ2) is 7.30. The Morgan fingerprint density at radius 2 is 2.07 bits per heavy atom. The number of nitrogens with zero attached hydrogens (tertiary/aromatic N) is 3. The molecule has 3 heterocycles. The molecule has 28 heavy (non-hydrogen) atoms. The summed E-state index contributed by atoms with van der Waals surface area (Å²) in [5, 5.41) is 2.91. The van der Waals surface area contributed by atoms with Crippen LogP contribution in [0.5, 0.6) is 0 Å². The molecule has 8 nitrogen and oxygen atoms in total. The first-order valence-corrected chi connectivity index (χ1v) is 9.17. The first-order valence-electron chi connectivity index (χ1n) is 9.17. The molecule has 1 N–H and O–H groups in total. The van der Waals surface area contributed by atoms with Gasteiger partial charge in [0.25, 0.3) is 5.91 Å². The zero-order valence-corrected chi connectivity index (χ0v) is 15.4. The number of rotatable bonds is 6. The number of carbonyl (C=O) groups excluding carboxylic acids is 2. The number of benzene rings is 1. The van der Waals surface area contributed by atoms with Gasteiger partial charge in [-0.05, 0) is 30.2 Å². The Bertz CT molecular complexity index is 1100. The van der Waals surface area contributed by atoms with Crippen molar-refractivity contribution in [3.63, 3.8) is 0 Å². The smallest absolute Gasteiger partial charge is 0.406 e. The van der Waals surface area contributed by atoms with Crippen LogP contribution in [0, 0.1) is 0 Å². The van der Waals surface area contributed by atoms with Gasteiger partial charge in [-0.15, -0.1) is 0 Å². The predicted octanol–water partition coefficient (Wildman–Crippen LogP) is 1.54. The van der Waals surface area contributed by atoms with Gasteiger partial charge in [0.1, 0.15) is 6.54 Å². The van der Waals surface area contributed by atoms with Crippen molar-refractivity contribution in [2.75, 3.05) is 6.54 Å². The van der Waals surface area contributed by atoms with Gasteiger partial charge in [0.15, 0.2) is 11.2 Å². The lowest BCUT2D eigenvalue weighted by molar-refractivity contribution is -0.122.